The van der Waals surface area contributed by atoms with Crippen molar-refractivity contribution < 1.29 is 4.39 Å². The monoisotopic (exact) mass is 348 g/mol. The smallest absolute Gasteiger partial charge is 0.191 e. The van der Waals surface area contributed by atoms with E-state index in [0.29, 0.717) is 4.75 Å². The number of rotatable bonds is 5. The molecule has 1 aliphatic heterocycles. The summed E-state index contributed by atoms with van der Waals surface area (Å²) in [7, 11) is 1.80. The van der Waals surface area contributed by atoms with Crippen LogP contribution in [0.4, 0.5) is 4.39 Å². The molecule has 130 valence electrons. The second-order valence-electron chi connectivity index (χ2n) is 6.51. The highest BCUT2D eigenvalue weighted by Gasteiger charge is 2.29. The van der Waals surface area contributed by atoms with Crippen molar-refractivity contribution in [2.24, 2.45) is 4.99 Å². The molecule has 0 amide bonds. The van der Waals surface area contributed by atoms with Crippen molar-refractivity contribution in [3.8, 4) is 0 Å². The van der Waals surface area contributed by atoms with Crippen molar-refractivity contribution in [1.29, 1.82) is 0 Å². The molecule has 2 aromatic rings. The number of guanidine groups is 1. The zero-order chi connectivity index (χ0) is 17.0. The van der Waals surface area contributed by atoms with Gasteiger partial charge in [0.25, 0.3) is 0 Å². The highest BCUT2D eigenvalue weighted by atomic mass is 32.2. The minimum absolute atomic E-state index is 0.211. The van der Waals surface area contributed by atoms with Gasteiger partial charge in [-0.1, -0.05) is 0 Å². The molecule has 24 heavy (non-hydrogen) atoms. The third-order valence-electron chi connectivity index (χ3n) is 4.57. The Kier molecular flexibility index (Phi) is 5.33. The molecule has 6 heteroatoms. The lowest BCUT2D eigenvalue weighted by atomic mass is 10.1. The van der Waals surface area contributed by atoms with Gasteiger partial charge < -0.3 is 15.6 Å². The van der Waals surface area contributed by atoms with Crippen LogP contribution in [0.15, 0.2) is 29.4 Å². The molecule has 0 saturated carbocycles. The molecule has 0 aliphatic carbocycles. The summed E-state index contributed by atoms with van der Waals surface area (Å²) in [5.74, 6) is 1.89. The summed E-state index contributed by atoms with van der Waals surface area (Å²) in [5.41, 5.74) is 2.03. The van der Waals surface area contributed by atoms with Crippen LogP contribution in [-0.2, 0) is 6.42 Å². The quantitative estimate of drug-likeness (QED) is 0.574. The predicted molar refractivity (Wildman–Crippen MR) is 101 cm³/mol. The van der Waals surface area contributed by atoms with E-state index in [2.05, 4.69) is 27.5 Å². The molecule has 1 aliphatic rings. The van der Waals surface area contributed by atoms with Crippen LogP contribution < -0.4 is 10.6 Å². The maximum atomic E-state index is 13.2. The summed E-state index contributed by atoms with van der Waals surface area (Å²) in [5, 5.41) is 7.88. The summed E-state index contributed by atoms with van der Waals surface area (Å²) < 4.78 is 13.6. The van der Waals surface area contributed by atoms with Crippen molar-refractivity contribution in [3.63, 3.8) is 0 Å². The molecule has 1 atom stereocenters. The highest BCUT2D eigenvalue weighted by molar-refractivity contribution is 8.00. The Labute approximate surface area is 146 Å². The highest BCUT2D eigenvalue weighted by Crippen LogP contribution is 2.36. The molecule has 4 nitrogen and oxygen atoms in total. The van der Waals surface area contributed by atoms with Crippen LogP contribution in [0, 0.1) is 5.82 Å². The maximum absolute atomic E-state index is 13.2. The van der Waals surface area contributed by atoms with Gasteiger partial charge in [0.2, 0.25) is 0 Å². The third-order valence-corrected chi connectivity index (χ3v) is 6.11. The minimum Gasteiger partial charge on any atom is -0.361 e. The molecule has 1 aromatic carbocycles. The Hall–Kier alpha value is -1.69. The predicted octanol–water partition coefficient (Wildman–Crippen LogP) is 3.30. The first-order valence-corrected chi connectivity index (χ1v) is 9.42. The molecule has 0 spiro atoms. The Morgan fingerprint density at radius 2 is 2.29 bits per heavy atom. The van der Waals surface area contributed by atoms with E-state index < -0.39 is 0 Å². The normalized spacial score (nSPS) is 21.4. The van der Waals surface area contributed by atoms with Crippen LogP contribution in [0.25, 0.3) is 10.9 Å². The van der Waals surface area contributed by atoms with Gasteiger partial charge in [0, 0.05) is 42.0 Å². The third kappa shape index (κ3) is 4.04. The molecule has 3 N–H and O–H groups in total. The Bertz CT molecular complexity index is 719. The Morgan fingerprint density at radius 3 is 3.04 bits per heavy atom. The largest absolute Gasteiger partial charge is 0.361 e. The number of aliphatic imine (C=N–C) groups is 1. The van der Waals surface area contributed by atoms with Gasteiger partial charge in [-0.3, -0.25) is 4.99 Å². The molecular formula is C18H25FN4S. The number of aromatic nitrogens is 1. The van der Waals surface area contributed by atoms with Gasteiger partial charge in [-0.2, -0.15) is 11.8 Å². The van der Waals surface area contributed by atoms with E-state index in [9.17, 15) is 4.39 Å². The maximum Gasteiger partial charge on any atom is 0.191 e. The van der Waals surface area contributed by atoms with E-state index in [1.165, 1.54) is 36.3 Å². The Morgan fingerprint density at radius 1 is 1.42 bits per heavy atom. The van der Waals surface area contributed by atoms with E-state index in [1.54, 1.807) is 7.05 Å². The van der Waals surface area contributed by atoms with Gasteiger partial charge >= 0.3 is 0 Å². The summed E-state index contributed by atoms with van der Waals surface area (Å²) >= 11 is 2.04. The molecule has 2 heterocycles. The first-order chi connectivity index (χ1) is 11.6. The lowest BCUT2D eigenvalue weighted by molar-refractivity contribution is 0.584. The number of H-pyrrole nitrogens is 1. The number of halogens is 1. The van der Waals surface area contributed by atoms with Gasteiger partial charge in [0.15, 0.2) is 5.96 Å². The van der Waals surface area contributed by atoms with Crippen LogP contribution in [0.1, 0.15) is 25.3 Å². The van der Waals surface area contributed by atoms with E-state index in [0.717, 1.165) is 36.4 Å². The standard InChI is InChI=1S/C18H25FN4S/c1-18(7-3-9-24-18)12-23-17(20-2)21-8-6-13-11-22-16-10-14(19)4-5-15(13)16/h4-5,10-11,22H,3,6-9,12H2,1-2H3,(H2,20,21,23). The average Bonchev–Trinajstić information content (AvgIpc) is 3.17. The van der Waals surface area contributed by atoms with E-state index in [4.69, 9.17) is 0 Å². The van der Waals surface area contributed by atoms with Gasteiger partial charge in [0.1, 0.15) is 5.82 Å². The summed E-state index contributed by atoms with van der Waals surface area (Å²) in [4.78, 5) is 7.43. The zero-order valence-corrected chi connectivity index (χ0v) is 15.1. The molecule has 1 saturated heterocycles. The van der Waals surface area contributed by atoms with Crippen molar-refractivity contribution in [2.75, 3.05) is 25.9 Å². The molecular weight excluding hydrogens is 323 g/mol. The summed E-state index contributed by atoms with van der Waals surface area (Å²) in [6.07, 6.45) is 5.38. The molecule has 0 radical (unpaired) electrons. The first kappa shape index (κ1) is 17.1. The second-order valence-corrected chi connectivity index (χ2v) is 8.19. The van der Waals surface area contributed by atoms with Crippen LogP contribution in [-0.4, -0.2) is 41.6 Å². The number of aromatic amines is 1. The molecule has 1 aromatic heterocycles. The van der Waals surface area contributed by atoms with Gasteiger partial charge in [-0.25, -0.2) is 4.39 Å². The molecule has 1 unspecified atom stereocenters. The van der Waals surface area contributed by atoms with Crippen LogP contribution >= 0.6 is 11.8 Å². The van der Waals surface area contributed by atoms with Crippen LogP contribution in [0.3, 0.4) is 0 Å². The second kappa shape index (κ2) is 7.47. The number of thioether (sulfide) groups is 1. The fourth-order valence-electron chi connectivity index (χ4n) is 3.15. The van der Waals surface area contributed by atoms with E-state index in [-0.39, 0.29) is 5.82 Å². The summed E-state index contributed by atoms with van der Waals surface area (Å²) in [6, 6.07) is 4.88. The summed E-state index contributed by atoms with van der Waals surface area (Å²) in [6.45, 7) is 4.04. The number of benzene rings is 1. The molecule has 1 fully saturated rings. The lowest BCUT2D eigenvalue weighted by Crippen LogP contribution is -2.44. The first-order valence-electron chi connectivity index (χ1n) is 8.44. The Balaban J connectivity index is 1.50. The number of nitrogens with zero attached hydrogens (tertiary/aromatic N) is 1. The van der Waals surface area contributed by atoms with E-state index >= 15 is 0 Å². The lowest BCUT2D eigenvalue weighted by Gasteiger charge is -2.24. The number of hydrogen-bond acceptors (Lipinski definition) is 2. The molecule has 3 rings (SSSR count). The van der Waals surface area contributed by atoms with Gasteiger partial charge in [-0.05, 0) is 55.7 Å². The van der Waals surface area contributed by atoms with E-state index in [1.807, 2.05) is 24.0 Å². The topological polar surface area (TPSA) is 52.2 Å². The SMILES string of the molecule is CN=C(NCCc1c[nH]c2cc(F)ccc12)NCC1(C)CCCS1. The zero-order valence-electron chi connectivity index (χ0n) is 14.3. The molecule has 0 bridgehead atoms. The van der Waals surface area contributed by atoms with Gasteiger partial charge in [-0.15, -0.1) is 0 Å². The van der Waals surface area contributed by atoms with Crippen molar-refractivity contribution in [2.45, 2.75) is 30.9 Å². The van der Waals surface area contributed by atoms with Crippen LogP contribution in [0.5, 0.6) is 0 Å². The fourth-order valence-corrected chi connectivity index (χ4v) is 4.39. The van der Waals surface area contributed by atoms with Crippen LogP contribution in [0.2, 0.25) is 0 Å². The number of fused-ring (bicyclic) bond motifs is 1. The number of hydrogen-bond donors (Lipinski definition) is 3. The van der Waals surface area contributed by atoms with Crippen molar-refractivity contribution >= 4 is 28.6 Å². The average molecular weight is 348 g/mol. The van der Waals surface area contributed by atoms with Crippen molar-refractivity contribution in [1.82, 2.24) is 15.6 Å². The fraction of sp³-hybridized carbons (Fsp3) is 0.500. The van der Waals surface area contributed by atoms with Gasteiger partial charge in [0.05, 0.1) is 0 Å². The number of nitrogens with one attached hydrogen (secondary N) is 3. The van der Waals surface area contributed by atoms with Crippen molar-refractivity contribution in [3.05, 3.63) is 35.8 Å². The minimum atomic E-state index is -0.211.